The first-order valence-electron chi connectivity index (χ1n) is 11.7. The van der Waals surface area contributed by atoms with Gasteiger partial charge in [0, 0.05) is 0 Å². The zero-order valence-corrected chi connectivity index (χ0v) is 17.2. The lowest BCUT2D eigenvalue weighted by Crippen LogP contribution is -2.39. The van der Waals surface area contributed by atoms with Crippen LogP contribution in [0.4, 0.5) is 0 Å². The van der Waals surface area contributed by atoms with Crippen LogP contribution in [0.1, 0.15) is 111 Å². The van der Waals surface area contributed by atoms with E-state index in [1.165, 1.54) is 89.9 Å². The first kappa shape index (κ1) is 18.3. The van der Waals surface area contributed by atoms with Crippen LogP contribution in [0.15, 0.2) is 0 Å². The molecule has 1 nitrogen and oxygen atoms in total. The summed E-state index contributed by atoms with van der Waals surface area (Å²) < 4.78 is 6.81. The summed E-state index contributed by atoms with van der Waals surface area (Å²) in [7, 11) is 0. The zero-order valence-electron chi connectivity index (χ0n) is 17.2. The molecule has 25 heavy (non-hydrogen) atoms. The molecule has 144 valence electrons. The van der Waals surface area contributed by atoms with Gasteiger partial charge in [-0.2, -0.15) is 0 Å². The number of ether oxygens (including phenoxy) is 1. The number of rotatable bonds is 2. The topological polar surface area (TPSA) is 9.23 Å². The molecule has 0 N–H and O–H groups in total. The Hall–Kier alpha value is -0.0400. The Morgan fingerprint density at radius 3 is 2.16 bits per heavy atom. The summed E-state index contributed by atoms with van der Waals surface area (Å²) in [5.41, 5.74) is 1.00. The third kappa shape index (κ3) is 3.56. The van der Waals surface area contributed by atoms with Gasteiger partial charge in [0.2, 0.25) is 0 Å². The molecule has 1 heteroatoms. The Labute approximate surface area is 156 Å². The monoisotopic (exact) mass is 346 g/mol. The molecule has 4 aliphatic rings. The highest BCUT2D eigenvalue weighted by Crippen LogP contribution is 2.54. The highest BCUT2D eigenvalue weighted by atomic mass is 16.5. The highest BCUT2D eigenvalue weighted by Gasteiger charge is 2.48. The maximum Gasteiger partial charge on any atom is 0.0712 e. The van der Waals surface area contributed by atoms with Gasteiger partial charge >= 0.3 is 0 Å². The molecule has 1 unspecified atom stereocenters. The lowest BCUT2D eigenvalue weighted by atomic mass is 9.58. The average Bonchev–Trinajstić information content (AvgIpc) is 2.91. The maximum atomic E-state index is 6.81. The molecule has 3 atom stereocenters. The normalized spacial score (nSPS) is 51.2. The molecule has 3 aliphatic carbocycles. The van der Waals surface area contributed by atoms with Crippen molar-refractivity contribution >= 4 is 0 Å². The summed E-state index contributed by atoms with van der Waals surface area (Å²) in [6.45, 7) is 7.46. The second kappa shape index (κ2) is 7.17. The molecule has 0 radical (unpaired) electrons. The van der Waals surface area contributed by atoms with E-state index in [2.05, 4.69) is 20.8 Å². The van der Waals surface area contributed by atoms with Gasteiger partial charge in [-0.3, -0.25) is 0 Å². The van der Waals surface area contributed by atoms with Crippen molar-refractivity contribution < 1.29 is 4.74 Å². The summed E-state index contributed by atoms with van der Waals surface area (Å²) in [6.07, 6.45) is 20.7. The number of hydrogen-bond donors (Lipinski definition) is 0. The van der Waals surface area contributed by atoms with Crippen LogP contribution in [0, 0.1) is 29.1 Å². The van der Waals surface area contributed by atoms with Gasteiger partial charge < -0.3 is 4.74 Å². The minimum absolute atomic E-state index is 0.269. The minimum Gasteiger partial charge on any atom is -0.371 e. The summed E-state index contributed by atoms with van der Waals surface area (Å²) in [4.78, 5) is 0. The molecule has 0 amide bonds. The van der Waals surface area contributed by atoms with Gasteiger partial charge in [-0.1, -0.05) is 40.0 Å². The third-order valence-corrected chi connectivity index (χ3v) is 9.34. The van der Waals surface area contributed by atoms with E-state index >= 15 is 0 Å². The Morgan fingerprint density at radius 1 is 0.760 bits per heavy atom. The zero-order chi connectivity index (χ0) is 17.5. The predicted molar refractivity (Wildman–Crippen MR) is 106 cm³/mol. The van der Waals surface area contributed by atoms with E-state index in [0.29, 0.717) is 6.10 Å². The Bertz CT molecular complexity index is 439. The lowest BCUT2D eigenvalue weighted by Gasteiger charge is -2.48. The van der Waals surface area contributed by atoms with Gasteiger partial charge in [0.05, 0.1) is 11.7 Å². The van der Waals surface area contributed by atoms with Crippen LogP contribution in [0.25, 0.3) is 0 Å². The minimum atomic E-state index is 0.269. The first-order valence-corrected chi connectivity index (χ1v) is 11.7. The molecular formula is C24H42O. The van der Waals surface area contributed by atoms with E-state index < -0.39 is 0 Å². The van der Waals surface area contributed by atoms with Crippen molar-refractivity contribution in [3.05, 3.63) is 0 Å². The van der Waals surface area contributed by atoms with Crippen molar-refractivity contribution in [1.82, 2.24) is 0 Å². The molecular weight excluding hydrogens is 304 g/mol. The maximum absolute atomic E-state index is 6.81. The summed E-state index contributed by atoms with van der Waals surface area (Å²) >= 11 is 0. The third-order valence-electron chi connectivity index (χ3n) is 9.34. The molecule has 4 rings (SSSR count). The molecule has 2 spiro atoms. The molecule has 0 aromatic rings. The summed E-state index contributed by atoms with van der Waals surface area (Å²) in [5, 5.41) is 0. The van der Waals surface area contributed by atoms with Crippen molar-refractivity contribution in [2.24, 2.45) is 29.1 Å². The van der Waals surface area contributed by atoms with Crippen molar-refractivity contribution in [3.8, 4) is 0 Å². The van der Waals surface area contributed by atoms with E-state index in [1.54, 1.807) is 0 Å². The van der Waals surface area contributed by atoms with Crippen LogP contribution < -0.4 is 0 Å². The molecule has 1 heterocycles. The number of hydrogen-bond acceptors (Lipinski definition) is 1. The van der Waals surface area contributed by atoms with Crippen LogP contribution in [-0.4, -0.2) is 11.7 Å². The highest BCUT2D eigenvalue weighted by molar-refractivity contribution is 4.98. The molecule has 1 saturated heterocycles. The van der Waals surface area contributed by atoms with Crippen LogP contribution in [0.2, 0.25) is 0 Å². The van der Waals surface area contributed by atoms with Crippen LogP contribution in [0.5, 0.6) is 0 Å². The van der Waals surface area contributed by atoms with Gasteiger partial charge in [0.15, 0.2) is 0 Å². The Kier molecular flexibility index (Phi) is 5.26. The lowest BCUT2D eigenvalue weighted by molar-refractivity contribution is -0.0929. The smallest absolute Gasteiger partial charge is 0.0712 e. The fraction of sp³-hybridized carbons (Fsp3) is 1.00. The van der Waals surface area contributed by atoms with Crippen molar-refractivity contribution in [2.45, 2.75) is 122 Å². The van der Waals surface area contributed by atoms with Gasteiger partial charge in [0.25, 0.3) is 0 Å². The summed E-state index contributed by atoms with van der Waals surface area (Å²) in [6, 6.07) is 0. The molecule has 0 aromatic heterocycles. The SMILES string of the molecule is CC1CCC2(CC1)OC(CC1CCC3(CCCC[C@@H]3C)CC1)C[C@@H]2C. The van der Waals surface area contributed by atoms with E-state index in [1.807, 2.05) is 0 Å². The quantitative estimate of drug-likeness (QED) is 0.516. The predicted octanol–water partition coefficient (Wildman–Crippen LogP) is 7.14. The van der Waals surface area contributed by atoms with Gasteiger partial charge in [-0.25, -0.2) is 0 Å². The molecule has 1 aliphatic heterocycles. The van der Waals surface area contributed by atoms with Gasteiger partial charge in [-0.15, -0.1) is 0 Å². The Balaban J connectivity index is 1.29. The van der Waals surface area contributed by atoms with Gasteiger partial charge in [0.1, 0.15) is 0 Å². The molecule has 0 aromatic carbocycles. The van der Waals surface area contributed by atoms with E-state index in [-0.39, 0.29) is 5.60 Å². The fourth-order valence-corrected chi connectivity index (χ4v) is 7.19. The van der Waals surface area contributed by atoms with Gasteiger partial charge in [-0.05, 0) is 99.7 Å². The van der Waals surface area contributed by atoms with E-state index in [0.717, 1.165) is 29.1 Å². The average molecular weight is 347 g/mol. The van der Waals surface area contributed by atoms with Crippen molar-refractivity contribution in [1.29, 1.82) is 0 Å². The van der Waals surface area contributed by atoms with E-state index in [4.69, 9.17) is 4.74 Å². The first-order chi connectivity index (χ1) is 12.0. The van der Waals surface area contributed by atoms with Crippen LogP contribution in [-0.2, 0) is 4.74 Å². The second-order valence-electron chi connectivity index (χ2n) is 10.8. The fourth-order valence-electron chi connectivity index (χ4n) is 7.19. The standard InChI is InChI=1S/C24H42O/c1-18-7-14-24(15-8-18)20(3)16-22(25-24)17-21-9-12-23(13-10-21)11-5-4-6-19(23)2/h18-22H,4-17H2,1-3H3/t18?,19-,20-,21?,22?,23?,24?/m0/s1. The summed E-state index contributed by atoms with van der Waals surface area (Å²) in [5.74, 6) is 3.65. The molecule has 0 bridgehead atoms. The van der Waals surface area contributed by atoms with Crippen LogP contribution >= 0.6 is 0 Å². The van der Waals surface area contributed by atoms with Crippen molar-refractivity contribution in [2.75, 3.05) is 0 Å². The van der Waals surface area contributed by atoms with Crippen LogP contribution in [0.3, 0.4) is 0 Å². The largest absolute Gasteiger partial charge is 0.371 e. The molecule has 3 saturated carbocycles. The molecule has 4 fully saturated rings. The Morgan fingerprint density at radius 2 is 1.48 bits per heavy atom. The van der Waals surface area contributed by atoms with E-state index in [9.17, 15) is 0 Å². The van der Waals surface area contributed by atoms with Crippen molar-refractivity contribution in [3.63, 3.8) is 0 Å². The second-order valence-corrected chi connectivity index (χ2v) is 10.8.